The zero-order chi connectivity index (χ0) is 16.8. The van der Waals surface area contributed by atoms with Crippen molar-refractivity contribution in [3.63, 3.8) is 0 Å². The second kappa shape index (κ2) is 8.32. The van der Waals surface area contributed by atoms with Crippen molar-refractivity contribution < 1.29 is 4.74 Å². The van der Waals surface area contributed by atoms with Crippen LogP contribution in [0.2, 0.25) is 0 Å². The fourth-order valence-corrected chi connectivity index (χ4v) is 3.36. The van der Waals surface area contributed by atoms with E-state index in [9.17, 15) is 0 Å². The minimum absolute atomic E-state index is 0.628. The van der Waals surface area contributed by atoms with E-state index in [4.69, 9.17) is 4.74 Å². The number of nitrogens with zero attached hydrogens (tertiary/aromatic N) is 1. The Bertz CT molecular complexity index is 625. The molecule has 0 bridgehead atoms. The molecule has 1 fully saturated rings. The lowest BCUT2D eigenvalue weighted by Crippen LogP contribution is -2.44. The van der Waals surface area contributed by atoms with Crippen LogP contribution in [-0.2, 0) is 13.0 Å². The van der Waals surface area contributed by atoms with Crippen molar-refractivity contribution >= 4 is 0 Å². The highest BCUT2D eigenvalue weighted by atomic mass is 16.5. The molecule has 0 unspecified atom stereocenters. The highest BCUT2D eigenvalue weighted by Crippen LogP contribution is 2.26. The second-order valence-electron chi connectivity index (χ2n) is 6.67. The van der Waals surface area contributed by atoms with Gasteiger partial charge in [-0.2, -0.15) is 0 Å². The molecule has 1 saturated heterocycles. The number of aryl methyl sites for hydroxylation is 2. The average Bonchev–Trinajstić information content (AvgIpc) is 2.61. The summed E-state index contributed by atoms with van der Waals surface area (Å²) in [5.41, 5.74) is 5.09. The lowest BCUT2D eigenvalue weighted by molar-refractivity contribution is 0.244. The molecule has 2 aromatic carbocycles. The number of benzene rings is 2. The molecule has 0 aliphatic carbocycles. The van der Waals surface area contributed by atoms with E-state index in [0.717, 1.165) is 44.9 Å². The average molecular weight is 324 g/mol. The molecule has 0 saturated carbocycles. The van der Waals surface area contributed by atoms with Crippen LogP contribution in [-0.4, -0.2) is 37.6 Å². The summed E-state index contributed by atoms with van der Waals surface area (Å²) in [7, 11) is 0. The zero-order valence-corrected chi connectivity index (χ0v) is 14.8. The normalized spacial score (nSPS) is 15.4. The van der Waals surface area contributed by atoms with Gasteiger partial charge in [0.1, 0.15) is 12.4 Å². The van der Waals surface area contributed by atoms with Crippen molar-refractivity contribution in [3.8, 4) is 5.75 Å². The zero-order valence-electron chi connectivity index (χ0n) is 14.8. The van der Waals surface area contributed by atoms with Crippen molar-refractivity contribution in [2.45, 2.75) is 26.9 Å². The Morgan fingerprint density at radius 1 is 0.958 bits per heavy atom. The van der Waals surface area contributed by atoms with Gasteiger partial charge in [-0.1, -0.05) is 42.5 Å². The van der Waals surface area contributed by atoms with Gasteiger partial charge in [-0.3, -0.25) is 0 Å². The molecule has 3 rings (SSSR count). The minimum atomic E-state index is 0.628. The maximum Gasteiger partial charge on any atom is 0.125 e. The van der Waals surface area contributed by atoms with E-state index in [0.29, 0.717) is 6.61 Å². The third-order valence-corrected chi connectivity index (χ3v) is 4.67. The number of hydrogen-bond donors (Lipinski definition) is 1. The number of ether oxygens (including phenoxy) is 1. The summed E-state index contributed by atoms with van der Waals surface area (Å²) in [4.78, 5) is 2.54. The number of rotatable bonds is 6. The van der Waals surface area contributed by atoms with E-state index in [1.807, 2.05) is 6.07 Å². The van der Waals surface area contributed by atoms with Gasteiger partial charge in [-0.15, -0.1) is 0 Å². The van der Waals surface area contributed by atoms with Gasteiger partial charge in [0.25, 0.3) is 0 Å². The fraction of sp³-hybridized carbons (Fsp3) is 0.429. The lowest BCUT2D eigenvalue weighted by Gasteiger charge is -2.27. The van der Waals surface area contributed by atoms with Gasteiger partial charge in [0.2, 0.25) is 0 Å². The van der Waals surface area contributed by atoms with Crippen molar-refractivity contribution in [2.75, 3.05) is 32.7 Å². The van der Waals surface area contributed by atoms with E-state index < -0.39 is 0 Å². The van der Waals surface area contributed by atoms with Crippen LogP contribution in [0.1, 0.15) is 22.3 Å². The van der Waals surface area contributed by atoms with E-state index in [-0.39, 0.29) is 0 Å². The minimum Gasteiger partial charge on any atom is -0.488 e. The van der Waals surface area contributed by atoms with E-state index in [2.05, 4.69) is 60.5 Å². The Hall–Kier alpha value is -1.84. The van der Waals surface area contributed by atoms with Gasteiger partial charge in [0, 0.05) is 32.7 Å². The number of hydrogen-bond acceptors (Lipinski definition) is 3. The molecule has 1 N–H and O–H groups in total. The molecule has 0 aromatic heterocycles. The first kappa shape index (κ1) is 17.0. The molecular weight excluding hydrogens is 296 g/mol. The maximum absolute atomic E-state index is 6.08. The third kappa shape index (κ3) is 4.59. The highest BCUT2D eigenvalue weighted by Gasteiger charge is 2.11. The molecule has 1 aliphatic heterocycles. The SMILES string of the molecule is Cc1cc(CCN2CCNCC2)cc(C)c1OCc1ccccc1. The van der Waals surface area contributed by atoms with Crippen LogP contribution in [0, 0.1) is 13.8 Å². The third-order valence-electron chi connectivity index (χ3n) is 4.67. The van der Waals surface area contributed by atoms with Crippen LogP contribution in [0.3, 0.4) is 0 Å². The predicted molar refractivity (Wildman–Crippen MR) is 99.7 cm³/mol. The number of nitrogens with one attached hydrogen (secondary N) is 1. The molecule has 24 heavy (non-hydrogen) atoms. The Morgan fingerprint density at radius 2 is 1.62 bits per heavy atom. The first-order valence-corrected chi connectivity index (χ1v) is 8.92. The highest BCUT2D eigenvalue weighted by molar-refractivity contribution is 5.43. The van der Waals surface area contributed by atoms with Crippen LogP contribution < -0.4 is 10.1 Å². The Morgan fingerprint density at radius 3 is 2.29 bits per heavy atom. The second-order valence-corrected chi connectivity index (χ2v) is 6.67. The Kier molecular flexibility index (Phi) is 5.89. The molecule has 1 heterocycles. The van der Waals surface area contributed by atoms with Gasteiger partial charge in [-0.05, 0) is 42.5 Å². The van der Waals surface area contributed by atoms with E-state index in [1.165, 1.54) is 22.3 Å². The monoisotopic (exact) mass is 324 g/mol. The van der Waals surface area contributed by atoms with Crippen LogP contribution in [0.5, 0.6) is 5.75 Å². The van der Waals surface area contributed by atoms with Crippen molar-refractivity contribution in [1.29, 1.82) is 0 Å². The molecule has 3 nitrogen and oxygen atoms in total. The largest absolute Gasteiger partial charge is 0.488 e. The summed E-state index contributed by atoms with van der Waals surface area (Å²) in [6.45, 7) is 10.6. The lowest BCUT2D eigenvalue weighted by atomic mass is 10.0. The van der Waals surface area contributed by atoms with E-state index in [1.54, 1.807) is 0 Å². The van der Waals surface area contributed by atoms with Crippen LogP contribution in [0.25, 0.3) is 0 Å². The van der Waals surface area contributed by atoms with Crippen molar-refractivity contribution in [3.05, 3.63) is 64.7 Å². The van der Waals surface area contributed by atoms with Crippen LogP contribution >= 0.6 is 0 Å². The molecule has 0 amide bonds. The molecule has 3 heteroatoms. The molecule has 128 valence electrons. The molecule has 0 spiro atoms. The van der Waals surface area contributed by atoms with Gasteiger partial charge in [-0.25, -0.2) is 0 Å². The fourth-order valence-electron chi connectivity index (χ4n) is 3.36. The van der Waals surface area contributed by atoms with Crippen LogP contribution in [0.4, 0.5) is 0 Å². The summed E-state index contributed by atoms with van der Waals surface area (Å²) in [6, 6.07) is 14.9. The van der Waals surface area contributed by atoms with Crippen LogP contribution in [0.15, 0.2) is 42.5 Å². The predicted octanol–water partition coefficient (Wildman–Crippen LogP) is 3.33. The molecule has 2 aromatic rings. The Balaban J connectivity index is 1.60. The summed E-state index contributed by atoms with van der Waals surface area (Å²) in [6.07, 6.45) is 1.11. The topological polar surface area (TPSA) is 24.5 Å². The first-order valence-electron chi connectivity index (χ1n) is 8.92. The standard InChI is InChI=1S/C21H28N2O/c1-17-14-20(8-11-23-12-9-22-10-13-23)15-18(2)21(17)24-16-19-6-4-3-5-7-19/h3-7,14-15,22H,8-13,16H2,1-2H3. The smallest absolute Gasteiger partial charge is 0.125 e. The molecular formula is C21H28N2O. The summed E-state index contributed by atoms with van der Waals surface area (Å²) in [5, 5.41) is 3.41. The summed E-state index contributed by atoms with van der Waals surface area (Å²) >= 11 is 0. The van der Waals surface area contributed by atoms with Gasteiger partial charge >= 0.3 is 0 Å². The van der Waals surface area contributed by atoms with Crippen molar-refractivity contribution in [1.82, 2.24) is 10.2 Å². The van der Waals surface area contributed by atoms with Gasteiger partial charge in [0.05, 0.1) is 0 Å². The van der Waals surface area contributed by atoms with Crippen molar-refractivity contribution in [2.24, 2.45) is 0 Å². The quantitative estimate of drug-likeness (QED) is 0.882. The van der Waals surface area contributed by atoms with Gasteiger partial charge < -0.3 is 15.0 Å². The van der Waals surface area contributed by atoms with E-state index >= 15 is 0 Å². The summed E-state index contributed by atoms with van der Waals surface area (Å²) < 4.78 is 6.08. The number of piperazine rings is 1. The molecule has 1 aliphatic rings. The maximum atomic E-state index is 6.08. The molecule has 0 radical (unpaired) electrons. The van der Waals surface area contributed by atoms with Gasteiger partial charge in [0.15, 0.2) is 0 Å². The first-order chi connectivity index (χ1) is 11.7. The summed E-state index contributed by atoms with van der Waals surface area (Å²) in [5.74, 6) is 1.03. The molecule has 0 atom stereocenters. The Labute approximate surface area is 145 Å².